The summed E-state index contributed by atoms with van der Waals surface area (Å²) in [4.78, 5) is 9.21. The van der Waals surface area contributed by atoms with Crippen molar-refractivity contribution in [2.24, 2.45) is 0 Å². The molecule has 0 rings (SSSR count). The van der Waals surface area contributed by atoms with Crippen molar-refractivity contribution in [3.05, 3.63) is 0 Å². The Labute approximate surface area is 181 Å². The fourth-order valence-electron chi connectivity index (χ4n) is 2.83. The van der Waals surface area contributed by atoms with Gasteiger partial charge in [0.05, 0.1) is 6.61 Å². The third-order valence-corrected chi connectivity index (χ3v) is 5.44. The number of rotatable bonds is 18. The van der Waals surface area contributed by atoms with E-state index in [9.17, 15) is 4.89 Å². The third kappa shape index (κ3) is 30.5. The summed E-state index contributed by atoms with van der Waals surface area (Å²) in [6, 6.07) is 0. The fourth-order valence-corrected chi connectivity index (χ4v) is 3.67. The summed E-state index contributed by atoms with van der Waals surface area (Å²) in [5.74, 6) is 0. The molecule has 154 valence electrons. The average Bonchev–Trinajstić information content (AvgIpc) is 2.49. The SMILES string of the molecule is CCCCCCCCCCCCCCCCCCOP(O)(=S)S.O.[Mo]. The minimum atomic E-state index is -2.73. The van der Waals surface area contributed by atoms with Crippen molar-refractivity contribution in [2.45, 2.75) is 110 Å². The first-order valence-electron chi connectivity index (χ1n) is 9.76. The van der Waals surface area contributed by atoms with E-state index in [4.69, 9.17) is 16.3 Å². The van der Waals surface area contributed by atoms with Gasteiger partial charge < -0.3 is 14.9 Å². The predicted octanol–water partition coefficient (Wildman–Crippen LogP) is 6.58. The van der Waals surface area contributed by atoms with Gasteiger partial charge in [-0.3, -0.25) is 0 Å². The Kier molecular flexibility index (Phi) is 29.5. The van der Waals surface area contributed by atoms with Gasteiger partial charge in [0.2, 0.25) is 5.69 Å². The summed E-state index contributed by atoms with van der Waals surface area (Å²) in [7, 11) is 0. The van der Waals surface area contributed by atoms with Gasteiger partial charge in [0.1, 0.15) is 0 Å². The van der Waals surface area contributed by atoms with E-state index in [2.05, 4.69) is 19.2 Å². The van der Waals surface area contributed by atoms with E-state index in [1.165, 1.54) is 96.3 Å². The molecule has 0 fully saturated rings. The smallest absolute Gasteiger partial charge is 0.241 e. The van der Waals surface area contributed by atoms with Crippen molar-refractivity contribution >= 4 is 29.7 Å². The Morgan fingerprint density at radius 3 is 1.28 bits per heavy atom. The van der Waals surface area contributed by atoms with Crippen LogP contribution in [0.4, 0.5) is 0 Å². The van der Waals surface area contributed by atoms with Crippen molar-refractivity contribution in [3.8, 4) is 0 Å². The summed E-state index contributed by atoms with van der Waals surface area (Å²) >= 11 is 8.55. The molecule has 0 spiro atoms. The first kappa shape index (κ1) is 31.3. The van der Waals surface area contributed by atoms with Gasteiger partial charge in [-0.15, -0.1) is 0 Å². The Morgan fingerprint density at radius 1 is 0.720 bits per heavy atom. The molecule has 0 saturated heterocycles. The molecule has 0 amide bonds. The largest absolute Gasteiger partial charge is 0.412 e. The number of unbranched alkanes of at least 4 members (excludes halogenated alkanes) is 15. The minimum absolute atomic E-state index is 0. The van der Waals surface area contributed by atoms with E-state index in [0.717, 1.165) is 6.42 Å². The molecule has 0 radical (unpaired) electrons. The molecule has 0 aliphatic heterocycles. The number of thiol groups is 1. The minimum Gasteiger partial charge on any atom is -0.412 e. The summed E-state index contributed by atoms with van der Waals surface area (Å²) in [5.41, 5.74) is -2.73. The van der Waals surface area contributed by atoms with Gasteiger partial charge in [-0.25, -0.2) is 0 Å². The molecule has 0 aromatic carbocycles. The second-order valence-corrected chi connectivity index (χ2v) is 11.8. The van der Waals surface area contributed by atoms with Gasteiger partial charge in [0, 0.05) is 21.1 Å². The van der Waals surface area contributed by atoms with Crippen LogP contribution in [0.25, 0.3) is 0 Å². The molecule has 0 aromatic heterocycles. The van der Waals surface area contributed by atoms with Gasteiger partial charge in [0.25, 0.3) is 0 Å². The molecule has 7 heteroatoms. The van der Waals surface area contributed by atoms with E-state index in [1.807, 2.05) is 0 Å². The molecule has 1 atom stereocenters. The van der Waals surface area contributed by atoms with Crippen LogP contribution in [0.3, 0.4) is 0 Å². The molecule has 25 heavy (non-hydrogen) atoms. The van der Waals surface area contributed by atoms with Crippen LogP contribution in [-0.2, 0) is 37.4 Å². The van der Waals surface area contributed by atoms with Crippen molar-refractivity contribution < 1.29 is 36.0 Å². The van der Waals surface area contributed by atoms with Crippen LogP contribution in [0.15, 0.2) is 0 Å². The van der Waals surface area contributed by atoms with Crippen molar-refractivity contribution in [1.82, 2.24) is 0 Å². The molecule has 0 saturated carbocycles. The molecule has 0 aromatic rings. The molecular formula is C18H41MoO3PS2. The maximum Gasteiger partial charge on any atom is 0.241 e. The van der Waals surface area contributed by atoms with Crippen LogP contribution in [-0.4, -0.2) is 17.0 Å². The van der Waals surface area contributed by atoms with Gasteiger partial charge in [-0.1, -0.05) is 115 Å². The maximum absolute atomic E-state index is 9.21. The van der Waals surface area contributed by atoms with Crippen LogP contribution in [0.1, 0.15) is 110 Å². The Balaban J connectivity index is -0.00000242. The van der Waals surface area contributed by atoms with Crippen LogP contribution in [0, 0.1) is 0 Å². The summed E-state index contributed by atoms with van der Waals surface area (Å²) in [6.45, 7) is 2.83. The predicted molar refractivity (Wildman–Crippen MR) is 115 cm³/mol. The maximum atomic E-state index is 9.21. The molecule has 3 nitrogen and oxygen atoms in total. The first-order valence-corrected chi connectivity index (χ1v) is 13.6. The molecule has 0 heterocycles. The van der Waals surface area contributed by atoms with Crippen molar-refractivity contribution in [2.75, 3.05) is 6.61 Å². The average molecular weight is 497 g/mol. The second-order valence-electron chi connectivity index (χ2n) is 6.63. The third-order valence-electron chi connectivity index (χ3n) is 4.26. The van der Waals surface area contributed by atoms with Crippen molar-refractivity contribution in [1.29, 1.82) is 0 Å². The van der Waals surface area contributed by atoms with Gasteiger partial charge in [-0.05, 0) is 18.2 Å². The molecular weight excluding hydrogens is 455 g/mol. The van der Waals surface area contributed by atoms with E-state index in [0.29, 0.717) is 6.61 Å². The van der Waals surface area contributed by atoms with Crippen LogP contribution >= 0.6 is 17.9 Å². The van der Waals surface area contributed by atoms with Crippen LogP contribution < -0.4 is 0 Å². The van der Waals surface area contributed by atoms with Gasteiger partial charge >= 0.3 is 0 Å². The van der Waals surface area contributed by atoms with Crippen LogP contribution in [0.5, 0.6) is 0 Å². The topological polar surface area (TPSA) is 61.0 Å². The number of hydrogen-bond acceptors (Lipinski definition) is 2. The van der Waals surface area contributed by atoms with E-state index < -0.39 is 5.69 Å². The molecule has 0 bridgehead atoms. The summed E-state index contributed by atoms with van der Waals surface area (Å²) in [5, 5.41) is 0. The van der Waals surface area contributed by atoms with E-state index in [1.54, 1.807) is 0 Å². The second kappa shape index (κ2) is 23.6. The normalized spacial score (nSPS) is 12.9. The fraction of sp³-hybridized carbons (Fsp3) is 1.00. The van der Waals surface area contributed by atoms with Crippen LogP contribution in [0.2, 0.25) is 0 Å². The zero-order chi connectivity index (χ0) is 17.2. The molecule has 1 unspecified atom stereocenters. The molecule has 0 aliphatic carbocycles. The van der Waals surface area contributed by atoms with E-state index >= 15 is 0 Å². The first-order chi connectivity index (χ1) is 11.1. The molecule has 3 N–H and O–H groups in total. The summed E-state index contributed by atoms with van der Waals surface area (Å²) < 4.78 is 5.09. The number of hydrogen-bond donors (Lipinski definition) is 2. The zero-order valence-electron chi connectivity index (χ0n) is 16.1. The van der Waals surface area contributed by atoms with E-state index in [-0.39, 0.29) is 26.5 Å². The van der Waals surface area contributed by atoms with Crippen molar-refractivity contribution in [3.63, 3.8) is 0 Å². The quantitative estimate of drug-likeness (QED) is 0.0975. The van der Waals surface area contributed by atoms with Gasteiger partial charge in [0.15, 0.2) is 0 Å². The van der Waals surface area contributed by atoms with Gasteiger partial charge in [-0.2, -0.15) is 0 Å². The Morgan fingerprint density at radius 2 is 1.00 bits per heavy atom. The Hall–Kier alpha value is 1.57. The Bertz CT molecular complexity index is 291. The monoisotopic (exact) mass is 498 g/mol. The molecule has 0 aliphatic rings. The zero-order valence-corrected chi connectivity index (χ0v) is 20.7. The standard InChI is InChI=1S/C18H39O2PS2.Mo.H2O/c1-2-3-4-5-6-7-8-9-10-11-12-13-14-15-16-17-18-20-21(19,22)23;;/h2-18H2,1H3,(H2,19,22,23);;1H2. The summed E-state index contributed by atoms with van der Waals surface area (Å²) in [6.07, 6.45) is 21.7.